The van der Waals surface area contributed by atoms with Crippen LogP contribution in [0.15, 0.2) is 5.38 Å². The monoisotopic (exact) mass is 227 g/mol. The van der Waals surface area contributed by atoms with E-state index in [1.165, 1.54) is 0 Å². The molecule has 5 heteroatoms. The minimum atomic E-state index is -0.872. The van der Waals surface area contributed by atoms with Gasteiger partial charge in [0.15, 0.2) is 6.10 Å². The molecular formula is C10H13NO3S. The molecule has 1 fully saturated rings. The molecule has 15 heavy (non-hydrogen) atoms. The van der Waals surface area contributed by atoms with Gasteiger partial charge in [0, 0.05) is 5.38 Å². The lowest BCUT2D eigenvalue weighted by molar-refractivity contribution is -0.149. The highest BCUT2D eigenvalue weighted by Gasteiger charge is 2.32. The molecule has 0 spiro atoms. The van der Waals surface area contributed by atoms with Crippen LogP contribution in [-0.4, -0.2) is 22.2 Å². The summed E-state index contributed by atoms with van der Waals surface area (Å²) in [7, 11) is 0. The van der Waals surface area contributed by atoms with Gasteiger partial charge >= 0.3 is 5.97 Å². The van der Waals surface area contributed by atoms with E-state index in [-0.39, 0.29) is 6.10 Å². The van der Waals surface area contributed by atoms with Crippen LogP contribution in [0.2, 0.25) is 0 Å². The van der Waals surface area contributed by atoms with Crippen molar-refractivity contribution >= 4 is 17.3 Å². The van der Waals surface area contributed by atoms with Gasteiger partial charge in [-0.3, -0.25) is 0 Å². The van der Waals surface area contributed by atoms with Crippen molar-refractivity contribution in [2.75, 3.05) is 0 Å². The Labute approximate surface area is 91.9 Å². The summed E-state index contributed by atoms with van der Waals surface area (Å²) in [6, 6.07) is 0. The van der Waals surface area contributed by atoms with Crippen LogP contribution in [0.1, 0.15) is 36.6 Å². The lowest BCUT2D eigenvalue weighted by Gasteiger charge is -2.07. The van der Waals surface area contributed by atoms with Crippen LogP contribution in [0.25, 0.3) is 0 Å². The smallest absolute Gasteiger partial charge is 0.332 e. The summed E-state index contributed by atoms with van der Waals surface area (Å²) in [5.74, 6) is -0.872. The number of thiazole rings is 1. The molecule has 1 saturated heterocycles. The molecule has 0 saturated carbocycles. The van der Waals surface area contributed by atoms with E-state index in [1.54, 1.807) is 11.3 Å². The molecule has 0 amide bonds. The Hall–Kier alpha value is -0.940. The number of aliphatic carboxylic acids is 1. The number of hydrogen-bond donors (Lipinski definition) is 1. The Bertz CT molecular complexity index is 363. The van der Waals surface area contributed by atoms with Crippen LogP contribution < -0.4 is 0 Å². The van der Waals surface area contributed by atoms with Gasteiger partial charge in [-0.05, 0) is 19.3 Å². The minimum Gasteiger partial charge on any atom is -0.479 e. The molecule has 2 heterocycles. The molecule has 82 valence electrons. The minimum absolute atomic E-state index is 0.123. The number of ether oxygens (including phenoxy) is 1. The summed E-state index contributed by atoms with van der Waals surface area (Å²) in [6.07, 6.45) is 1.48. The average molecular weight is 227 g/mol. The number of hydrogen-bond acceptors (Lipinski definition) is 4. The predicted molar refractivity (Wildman–Crippen MR) is 56.0 cm³/mol. The van der Waals surface area contributed by atoms with Crippen molar-refractivity contribution in [3.05, 3.63) is 16.1 Å². The van der Waals surface area contributed by atoms with Crippen LogP contribution in [-0.2, 0) is 16.0 Å². The van der Waals surface area contributed by atoms with E-state index in [2.05, 4.69) is 11.9 Å². The molecule has 0 radical (unpaired) electrons. The molecule has 0 aliphatic carbocycles. The molecule has 1 aromatic rings. The van der Waals surface area contributed by atoms with Crippen molar-refractivity contribution < 1.29 is 14.6 Å². The van der Waals surface area contributed by atoms with Crippen LogP contribution in [0.3, 0.4) is 0 Å². The van der Waals surface area contributed by atoms with Crippen molar-refractivity contribution in [2.24, 2.45) is 0 Å². The maximum absolute atomic E-state index is 10.7. The highest BCUT2D eigenvalue weighted by Crippen LogP contribution is 2.33. The zero-order chi connectivity index (χ0) is 10.8. The molecular weight excluding hydrogens is 214 g/mol. The van der Waals surface area contributed by atoms with Gasteiger partial charge in [0.05, 0.1) is 10.7 Å². The molecule has 0 bridgehead atoms. The van der Waals surface area contributed by atoms with Crippen molar-refractivity contribution in [1.82, 2.24) is 4.98 Å². The van der Waals surface area contributed by atoms with Gasteiger partial charge in [-0.15, -0.1) is 11.3 Å². The fourth-order valence-corrected chi connectivity index (χ4v) is 2.46. The number of nitrogens with zero attached hydrogens (tertiary/aromatic N) is 1. The topological polar surface area (TPSA) is 59.4 Å². The summed E-state index contributed by atoms with van der Waals surface area (Å²) in [5.41, 5.74) is 0.889. The number of carboxylic acid groups (broad SMARTS) is 1. The Morgan fingerprint density at radius 2 is 2.53 bits per heavy atom. The van der Waals surface area contributed by atoms with E-state index in [9.17, 15) is 4.79 Å². The molecule has 1 N–H and O–H groups in total. The first-order chi connectivity index (χ1) is 7.20. The van der Waals surface area contributed by atoms with Crippen LogP contribution in [0, 0.1) is 0 Å². The molecule has 1 aromatic heterocycles. The third kappa shape index (κ3) is 2.18. The second kappa shape index (κ2) is 4.28. The van der Waals surface area contributed by atoms with E-state index < -0.39 is 12.1 Å². The molecule has 4 nitrogen and oxygen atoms in total. The third-order valence-corrected chi connectivity index (χ3v) is 3.51. The van der Waals surface area contributed by atoms with E-state index in [0.717, 1.165) is 23.5 Å². The van der Waals surface area contributed by atoms with Crippen LogP contribution in [0.4, 0.5) is 0 Å². The van der Waals surface area contributed by atoms with E-state index in [0.29, 0.717) is 6.42 Å². The standard InChI is InChI=1S/C10H13NO3S/c1-2-9-11-6(5-15-9)7-3-4-8(14-7)10(12)13/h5,7-8H,2-4H2,1H3,(H,12,13). The molecule has 2 atom stereocenters. The van der Waals surface area contributed by atoms with Gasteiger partial charge in [-0.2, -0.15) is 0 Å². The first kappa shape index (κ1) is 10.6. The Balaban J connectivity index is 2.04. The maximum atomic E-state index is 10.7. The summed E-state index contributed by atoms with van der Waals surface area (Å²) in [6.45, 7) is 2.05. The summed E-state index contributed by atoms with van der Waals surface area (Å²) in [4.78, 5) is 15.1. The fourth-order valence-electron chi connectivity index (χ4n) is 1.67. The first-order valence-corrected chi connectivity index (χ1v) is 5.91. The second-order valence-electron chi connectivity index (χ2n) is 3.55. The first-order valence-electron chi connectivity index (χ1n) is 5.03. The van der Waals surface area contributed by atoms with Crippen LogP contribution in [0.5, 0.6) is 0 Å². The Morgan fingerprint density at radius 3 is 3.07 bits per heavy atom. The van der Waals surface area contributed by atoms with E-state index in [4.69, 9.17) is 9.84 Å². The van der Waals surface area contributed by atoms with Crippen LogP contribution >= 0.6 is 11.3 Å². The Morgan fingerprint density at radius 1 is 1.73 bits per heavy atom. The number of carboxylic acids is 1. The van der Waals surface area contributed by atoms with Gasteiger partial charge in [0.2, 0.25) is 0 Å². The highest BCUT2D eigenvalue weighted by atomic mass is 32.1. The second-order valence-corrected chi connectivity index (χ2v) is 4.49. The molecule has 1 aliphatic rings. The average Bonchev–Trinajstić information content (AvgIpc) is 2.86. The van der Waals surface area contributed by atoms with Crippen molar-refractivity contribution in [2.45, 2.75) is 38.4 Å². The quantitative estimate of drug-likeness (QED) is 0.858. The van der Waals surface area contributed by atoms with E-state index >= 15 is 0 Å². The number of rotatable bonds is 3. The third-order valence-electron chi connectivity index (χ3n) is 2.50. The SMILES string of the molecule is CCc1nc(C2CCC(C(=O)O)O2)cs1. The molecule has 1 aliphatic heterocycles. The zero-order valence-electron chi connectivity index (χ0n) is 8.47. The van der Waals surface area contributed by atoms with Crippen molar-refractivity contribution in [1.29, 1.82) is 0 Å². The van der Waals surface area contributed by atoms with Crippen molar-refractivity contribution in [3.8, 4) is 0 Å². The van der Waals surface area contributed by atoms with Gasteiger partial charge in [-0.1, -0.05) is 6.92 Å². The lowest BCUT2D eigenvalue weighted by atomic mass is 10.1. The molecule has 2 rings (SSSR count). The van der Waals surface area contributed by atoms with Gasteiger partial charge in [0.25, 0.3) is 0 Å². The van der Waals surface area contributed by atoms with Gasteiger partial charge in [0.1, 0.15) is 6.10 Å². The maximum Gasteiger partial charge on any atom is 0.332 e. The van der Waals surface area contributed by atoms with E-state index in [1.807, 2.05) is 5.38 Å². The van der Waals surface area contributed by atoms with Gasteiger partial charge in [-0.25, -0.2) is 9.78 Å². The largest absolute Gasteiger partial charge is 0.479 e. The number of aromatic nitrogens is 1. The summed E-state index contributed by atoms with van der Waals surface area (Å²) < 4.78 is 5.41. The van der Waals surface area contributed by atoms with Crippen molar-refractivity contribution in [3.63, 3.8) is 0 Å². The normalized spacial score (nSPS) is 25.7. The summed E-state index contributed by atoms with van der Waals surface area (Å²) in [5, 5.41) is 11.8. The van der Waals surface area contributed by atoms with Gasteiger partial charge < -0.3 is 9.84 Å². The molecule has 2 unspecified atom stereocenters. The molecule has 0 aromatic carbocycles. The number of aryl methyl sites for hydroxylation is 1. The highest BCUT2D eigenvalue weighted by molar-refractivity contribution is 7.09. The predicted octanol–water partition coefficient (Wildman–Crippen LogP) is 2.01. The number of carbonyl (C=O) groups is 1. The Kier molecular flexibility index (Phi) is 3.02. The lowest BCUT2D eigenvalue weighted by Crippen LogP contribution is -2.18. The summed E-state index contributed by atoms with van der Waals surface area (Å²) >= 11 is 1.61. The fraction of sp³-hybridized carbons (Fsp3) is 0.600. The zero-order valence-corrected chi connectivity index (χ0v) is 9.29.